The molecule has 0 aliphatic carbocycles. The highest BCUT2D eigenvalue weighted by atomic mass is 19.1. The molecule has 0 bridgehead atoms. The number of hydrogen-bond donors (Lipinski definition) is 4. The fraction of sp³-hybridized carbons (Fsp3) is 0.192. The van der Waals surface area contributed by atoms with Crippen molar-refractivity contribution in [1.82, 2.24) is 15.0 Å². The molecule has 0 saturated carbocycles. The summed E-state index contributed by atoms with van der Waals surface area (Å²) < 4.78 is 20.1. The molecule has 4 N–H and O–H groups in total. The Labute approximate surface area is 189 Å². The van der Waals surface area contributed by atoms with E-state index in [1.165, 1.54) is 12.1 Å². The summed E-state index contributed by atoms with van der Waals surface area (Å²) in [7, 11) is 1.58. The van der Waals surface area contributed by atoms with Gasteiger partial charge in [0.1, 0.15) is 17.3 Å². The number of aromatic carboxylic acids is 1. The number of carboxylic acids is 1. The Balaban J connectivity index is 1.92. The number of aromatic amines is 3. The van der Waals surface area contributed by atoms with E-state index in [9.17, 15) is 14.3 Å². The van der Waals surface area contributed by atoms with Gasteiger partial charge in [-0.05, 0) is 53.8 Å². The summed E-state index contributed by atoms with van der Waals surface area (Å²) in [5.74, 6) is -0.837. The lowest BCUT2D eigenvalue weighted by molar-refractivity contribution is 0.0692. The molecule has 1 atom stereocenters. The number of aromatic nitrogens is 3. The van der Waals surface area contributed by atoms with Crippen molar-refractivity contribution in [3.05, 3.63) is 65.9 Å². The first-order chi connectivity index (χ1) is 15.9. The van der Waals surface area contributed by atoms with Crippen molar-refractivity contribution in [2.24, 2.45) is 0 Å². The van der Waals surface area contributed by atoms with Gasteiger partial charge in [0.2, 0.25) is 0 Å². The summed E-state index contributed by atoms with van der Waals surface area (Å²) in [6.07, 6.45) is 4.35. The third-order valence-electron chi connectivity index (χ3n) is 6.41. The second-order valence-corrected chi connectivity index (χ2v) is 8.28. The van der Waals surface area contributed by atoms with E-state index in [1.54, 1.807) is 13.3 Å². The van der Waals surface area contributed by atoms with Crippen LogP contribution in [0.3, 0.4) is 0 Å². The van der Waals surface area contributed by atoms with Gasteiger partial charge in [0.05, 0.1) is 12.8 Å². The number of rotatable bonds is 6. The third-order valence-corrected chi connectivity index (χ3v) is 6.41. The molecule has 0 aliphatic heterocycles. The zero-order chi connectivity index (χ0) is 23.3. The first kappa shape index (κ1) is 20.9. The van der Waals surface area contributed by atoms with Gasteiger partial charge in [0.15, 0.2) is 0 Å². The average Bonchev–Trinajstić information content (AvgIpc) is 3.54. The summed E-state index contributed by atoms with van der Waals surface area (Å²) in [6.45, 7) is 4.12. The number of nitrogens with one attached hydrogen (secondary N) is 3. The minimum absolute atomic E-state index is 0.0109. The fourth-order valence-electron chi connectivity index (χ4n) is 4.67. The van der Waals surface area contributed by atoms with E-state index in [4.69, 9.17) is 4.74 Å². The maximum atomic E-state index is 14.6. The Morgan fingerprint density at radius 2 is 1.73 bits per heavy atom. The molecule has 33 heavy (non-hydrogen) atoms. The first-order valence-electron chi connectivity index (χ1n) is 10.8. The van der Waals surface area contributed by atoms with Crippen LogP contribution in [0.15, 0.2) is 48.8 Å². The van der Waals surface area contributed by atoms with Gasteiger partial charge < -0.3 is 24.8 Å². The lowest BCUT2D eigenvalue weighted by atomic mass is 9.87. The Kier molecular flexibility index (Phi) is 4.96. The normalized spacial score (nSPS) is 12.5. The van der Waals surface area contributed by atoms with Crippen molar-refractivity contribution in [2.45, 2.75) is 26.2 Å². The molecular formula is C26H24FN3O3. The van der Waals surface area contributed by atoms with Crippen molar-refractivity contribution in [1.29, 1.82) is 0 Å². The standard InChI is InChI=1S/C26H24FN3O3/c1-4-13(2)22-23(18-11-15(33-3)12-21-16(18)5-7-29-21)25(26(31)32)30-24(22)19-9-14(27)10-20-17(19)6-8-28-20/h5-13,28-30H,4H2,1-3H3,(H,31,32). The molecule has 3 aromatic heterocycles. The summed E-state index contributed by atoms with van der Waals surface area (Å²) in [4.78, 5) is 21.9. The molecule has 7 heteroatoms. The van der Waals surface area contributed by atoms with Crippen molar-refractivity contribution in [3.8, 4) is 28.1 Å². The molecule has 0 saturated heterocycles. The van der Waals surface area contributed by atoms with Gasteiger partial charge in [0, 0.05) is 51.4 Å². The van der Waals surface area contributed by atoms with Crippen molar-refractivity contribution in [3.63, 3.8) is 0 Å². The number of benzene rings is 2. The van der Waals surface area contributed by atoms with Gasteiger partial charge in [-0.25, -0.2) is 9.18 Å². The van der Waals surface area contributed by atoms with Crippen LogP contribution in [-0.4, -0.2) is 33.1 Å². The predicted molar refractivity (Wildman–Crippen MR) is 128 cm³/mol. The van der Waals surface area contributed by atoms with Crippen LogP contribution in [-0.2, 0) is 0 Å². The van der Waals surface area contributed by atoms with Gasteiger partial charge in [0.25, 0.3) is 0 Å². The van der Waals surface area contributed by atoms with Crippen LogP contribution in [0.4, 0.5) is 4.39 Å². The van der Waals surface area contributed by atoms with E-state index < -0.39 is 11.8 Å². The van der Waals surface area contributed by atoms with E-state index in [2.05, 4.69) is 28.8 Å². The van der Waals surface area contributed by atoms with Crippen LogP contribution in [0, 0.1) is 5.82 Å². The van der Waals surface area contributed by atoms with Crippen LogP contribution in [0.2, 0.25) is 0 Å². The van der Waals surface area contributed by atoms with E-state index in [-0.39, 0.29) is 11.6 Å². The summed E-state index contributed by atoms with van der Waals surface area (Å²) in [5, 5.41) is 11.9. The highest BCUT2D eigenvalue weighted by molar-refractivity contribution is 6.07. The fourth-order valence-corrected chi connectivity index (χ4v) is 4.67. The first-order valence-corrected chi connectivity index (χ1v) is 10.8. The molecule has 0 spiro atoms. The number of carbonyl (C=O) groups is 1. The van der Waals surface area contributed by atoms with Crippen LogP contribution in [0.5, 0.6) is 5.75 Å². The summed E-state index contributed by atoms with van der Waals surface area (Å²) in [5.41, 5.74) is 5.02. The molecule has 1 unspecified atom stereocenters. The van der Waals surface area contributed by atoms with Crippen LogP contribution < -0.4 is 4.74 Å². The van der Waals surface area contributed by atoms with Crippen LogP contribution >= 0.6 is 0 Å². The quantitative estimate of drug-likeness (QED) is 0.235. The lowest BCUT2D eigenvalue weighted by Crippen LogP contribution is -2.01. The largest absolute Gasteiger partial charge is 0.497 e. The molecule has 3 heterocycles. The van der Waals surface area contributed by atoms with Crippen molar-refractivity contribution in [2.75, 3.05) is 7.11 Å². The molecule has 2 aromatic carbocycles. The minimum atomic E-state index is -1.07. The summed E-state index contributed by atoms with van der Waals surface area (Å²) >= 11 is 0. The molecule has 0 radical (unpaired) electrons. The topological polar surface area (TPSA) is 93.9 Å². The Morgan fingerprint density at radius 1 is 1.06 bits per heavy atom. The van der Waals surface area contributed by atoms with Crippen LogP contribution in [0.25, 0.3) is 44.2 Å². The number of methoxy groups -OCH3 is 1. The molecule has 5 rings (SSSR count). The predicted octanol–water partition coefficient (Wildman–Crippen LogP) is 6.67. The molecule has 0 amide bonds. The Hall–Kier alpha value is -4.00. The number of halogens is 1. The molecule has 0 aliphatic rings. The van der Waals surface area contributed by atoms with Crippen LogP contribution in [0.1, 0.15) is 42.2 Å². The van der Waals surface area contributed by atoms with Crippen molar-refractivity contribution < 1.29 is 19.0 Å². The van der Waals surface area contributed by atoms with Crippen molar-refractivity contribution >= 4 is 27.8 Å². The second kappa shape index (κ2) is 7.85. The maximum Gasteiger partial charge on any atom is 0.352 e. The van der Waals surface area contributed by atoms with Gasteiger partial charge in [-0.15, -0.1) is 0 Å². The second-order valence-electron chi connectivity index (χ2n) is 8.28. The monoisotopic (exact) mass is 445 g/mol. The molecule has 0 fully saturated rings. The minimum Gasteiger partial charge on any atom is -0.497 e. The van der Waals surface area contributed by atoms with Gasteiger partial charge >= 0.3 is 5.97 Å². The molecule has 6 nitrogen and oxygen atoms in total. The smallest absolute Gasteiger partial charge is 0.352 e. The highest BCUT2D eigenvalue weighted by Gasteiger charge is 2.29. The average molecular weight is 445 g/mol. The third kappa shape index (κ3) is 3.28. The van der Waals surface area contributed by atoms with Gasteiger partial charge in [-0.1, -0.05) is 13.8 Å². The lowest BCUT2D eigenvalue weighted by Gasteiger charge is -2.16. The van der Waals surface area contributed by atoms with E-state index in [0.29, 0.717) is 28.1 Å². The zero-order valence-corrected chi connectivity index (χ0v) is 18.5. The summed E-state index contributed by atoms with van der Waals surface area (Å²) in [6, 6.07) is 10.4. The Bertz CT molecular complexity index is 1510. The highest BCUT2D eigenvalue weighted by Crippen LogP contribution is 2.45. The number of H-pyrrole nitrogens is 3. The van der Waals surface area contributed by atoms with Gasteiger partial charge in [-0.3, -0.25) is 0 Å². The molecule has 168 valence electrons. The zero-order valence-electron chi connectivity index (χ0n) is 18.5. The Morgan fingerprint density at radius 3 is 2.36 bits per heavy atom. The molecule has 5 aromatic rings. The number of fused-ring (bicyclic) bond motifs is 2. The maximum absolute atomic E-state index is 14.6. The van der Waals surface area contributed by atoms with E-state index in [1.807, 2.05) is 30.5 Å². The van der Waals surface area contributed by atoms with Gasteiger partial charge in [-0.2, -0.15) is 0 Å². The number of hydrogen-bond acceptors (Lipinski definition) is 2. The molecular weight excluding hydrogens is 421 g/mol. The number of carboxylic acid groups (broad SMARTS) is 1. The van der Waals surface area contributed by atoms with E-state index in [0.717, 1.165) is 33.8 Å². The van der Waals surface area contributed by atoms with E-state index >= 15 is 0 Å². The number of ether oxygens (including phenoxy) is 1. The SMILES string of the molecule is CCC(C)c1c(-c2cc(F)cc3[nH]ccc23)[nH]c(C(=O)O)c1-c1cc(OC)cc2[nH]ccc12.